The van der Waals surface area contributed by atoms with Crippen LogP contribution in [0.1, 0.15) is 17.5 Å². The monoisotopic (exact) mass is 316 g/mol. The van der Waals surface area contributed by atoms with Gasteiger partial charge in [0.1, 0.15) is 0 Å². The number of nitrogens with zero attached hydrogens (tertiary/aromatic N) is 1. The van der Waals surface area contributed by atoms with Gasteiger partial charge in [-0.05, 0) is 30.2 Å². The van der Waals surface area contributed by atoms with Crippen LogP contribution in [0.4, 0.5) is 5.69 Å². The molecular formula is C18H21ClN2O. The lowest BCUT2D eigenvalue weighted by Crippen LogP contribution is -2.27. The average Bonchev–Trinajstić information content (AvgIpc) is 2.51. The first-order valence-corrected chi connectivity index (χ1v) is 7.72. The first-order chi connectivity index (χ1) is 10.6. The molecule has 3 nitrogen and oxygen atoms in total. The first-order valence-electron chi connectivity index (χ1n) is 7.34. The number of amides is 1. The highest BCUT2D eigenvalue weighted by Crippen LogP contribution is 2.20. The van der Waals surface area contributed by atoms with Gasteiger partial charge in [0.25, 0.3) is 0 Å². The van der Waals surface area contributed by atoms with Gasteiger partial charge >= 0.3 is 0 Å². The summed E-state index contributed by atoms with van der Waals surface area (Å²) in [6.45, 7) is 3.25. The van der Waals surface area contributed by atoms with Crippen LogP contribution in [0, 0.1) is 6.92 Å². The second kappa shape index (κ2) is 7.85. The van der Waals surface area contributed by atoms with Gasteiger partial charge < -0.3 is 10.2 Å². The Morgan fingerprint density at radius 2 is 1.91 bits per heavy atom. The third kappa shape index (κ3) is 4.78. The van der Waals surface area contributed by atoms with Crippen molar-refractivity contribution in [3.05, 3.63) is 64.7 Å². The molecule has 0 heterocycles. The van der Waals surface area contributed by atoms with Gasteiger partial charge in [-0.15, -0.1) is 0 Å². The van der Waals surface area contributed by atoms with Crippen molar-refractivity contribution in [1.29, 1.82) is 0 Å². The van der Waals surface area contributed by atoms with Crippen molar-refractivity contribution >= 4 is 23.2 Å². The number of anilines is 1. The molecule has 0 aliphatic rings. The van der Waals surface area contributed by atoms with Gasteiger partial charge in [0.2, 0.25) is 5.91 Å². The summed E-state index contributed by atoms with van der Waals surface area (Å²) in [7, 11) is 1.83. The number of carbonyl (C=O) groups excluding carboxylic acids is 1. The molecule has 22 heavy (non-hydrogen) atoms. The Morgan fingerprint density at radius 1 is 1.18 bits per heavy atom. The average molecular weight is 317 g/mol. The van der Waals surface area contributed by atoms with E-state index in [9.17, 15) is 4.79 Å². The standard InChI is InChI=1S/C18H21ClN2O/c1-14-8-9-16(19)12-17(14)20-11-10-18(22)21(2)13-15-6-4-3-5-7-15/h3-9,12,20H,10-11,13H2,1-2H3. The number of benzene rings is 2. The molecule has 2 rings (SSSR count). The molecule has 0 bridgehead atoms. The number of aryl methyl sites for hydroxylation is 1. The van der Waals surface area contributed by atoms with Crippen LogP contribution in [0.5, 0.6) is 0 Å². The van der Waals surface area contributed by atoms with Gasteiger partial charge in [-0.1, -0.05) is 48.0 Å². The van der Waals surface area contributed by atoms with Gasteiger partial charge in [-0.2, -0.15) is 0 Å². The first kappa shape index (κ1) is 16.4. The summed E-state index contributed by atoms with van der Waals surface area (Å²) < 4.78 is 0. The molecule has 0 atom stereocenters. The summed E-state index contributed by atoms with van der Waals surface area (Å²) in [5, 5.41) is 3.97. The maximum atomic E-state index is 12.1. The van der Waals surface area contributed by atoms with Crippen LogP contribution in [0.2, 0.25) is 5.02 Å². The lowest BCUT2D eigenvalue weighted by Gasteiger charge is -2.18. The van der Waals surface area contributed by atoms with Crippen molar-refractivity contribution in [2.45, 2.75) is 19.9 Å². The van der Waals surface area contributed by atoms with Crippen LogP contribution in [0.3, 0.4) is 0 Å². The third-order valence-corrected chi connectivity index (χ3v) is 3.78. The number of nitrogens with one attached hydrogen (secondary N) is 1. The van der Waals surface area contributed by atoms with Crippen LogP contribution in [0.15, 0.2) is 48.5 Å². The van der Waals surface area contributed by atoms with Gasteiger partial charge in [0.15, 0.2) is 0 Å². The van der Waals surface area contributed by atoms with Crippen LogP contribution < -0.4 is 5.32 Å². The molecule has 0 saturated carbocycles. The number of halogens is 1. The lowest BCUT2D eigenvalue weighted by atomic mass is 10.2. The van der Waals surface area contributed by atoms with E-state index in [1.807, 2.05) is 62.5 Å². The van der Waals surface area contributed by atoms with Crippen molar-refractivity contribution in [3.8, 4) is 0 Å². The van der Waals surface area contributed by atoms with Gasteiger partial charge in [-0.3, -0.25) is 4.79 Å². The minimum atomic E-state index is 0.121. The summed E-state index contributed by atoms with van der Waals surface area (Å²) in [6.07, 6.45) is 0.454. The van der Waals surface area contributed by atoms with Crippen molar-refractivity contribution in [1.82, 2.24) is 4.90 Å². The van der Waals surface area contributed by atoms with E-state index in [2.05, 4.69) is 5.32 Å². The normalized spacial score (nSPS) is 10.3. The molecule has 0 unspecified atom stereocenters. The Labute approximate surface area is 136 Å². The second-order valence-electron chi connectivity index (χ2n) is 5.37. The van der Waals surface area contributed by atoms with Crippen LogP contribution in [-0.4, -0.2) is 24.4 Å². The van der Waals surface area contributed by atoms with E-state index in [1.165, 1.54) is 0 Å². The van der Waals surface area contributed by atoms with Crippen LogP contribution in [-0.2, 0) is 11.3 Å². The molecule has 116 valence electrons. The summed E-state index contributed by atoms with van der Waals surface area (Å²) in [6, 6.07) is 15.7. The van der Waals surface area contributed by atoms with E-state index >= 15 is 0 Å². The molecule has 0 aromatic heterocycles. The largest absolute Gasteiger partial charge is 0.384 e. The Hall–Kier alpha value is -2.00. The van der Waals surface area contributed by atoms with Crippen molar-refractivity contribution in [2.24, 2.45) is 0 Å². The highest BCUT2D eigenvalue weighted by atomic mass is 35.5. The zero-order valence-corrected chi connectivity index (χ0v) is 13.7. The van der Waals surface area contributed by atoms with Crippen LogP contribution in [0.25, 0.3) is 0 Å². The zero-order chi connectivity index (χ0) is 15.9. The maximum absolute atomic E-state index is 12.1. The van der Waals surface area contributed by atoms with Crippen molar-refractivity contribution in [3.63, 3.8) is 0 Å². The number of rotatable bonds is 6. The molecular weight excluding hydrogens is 296 g/mol. The highest BCUT2D eigenvalue weighted by molar-refractivity contribution is 6.30. The van der Waals surface area contributed by atoms with Crippen molar-refractivity contribution < 1.29 is 4.79 Å². The van der Waals surface area contributed by atoms with Gasteiger partial charge in [-0.25, -0.2) is 0 Å². The summed E-state index contributed by atoms with van der Waals surface area (Å²) in [5.41, 5.74) is 3.23. The number of carbonyl (C=O) groups is 1. The smallest absolute Gasteiger partial charge is 0.224 e. The predicted molar refractivity (Wildman–Crippen MR) is 92.2 cm³/mol. The van der Waals surface area contributed by atoms with E-state index in [4.69, 9.17) is 11.6 Å². The zero-order valence-electron chi connectivity index (χ0n) is 13.0. The van der Waals surface area contributed by atoms with Gasteiger partial charge in [0.05, 0.1) is 0 Å². The molecule has 2 aromatic carbocycles. The van der Waals surface area contributed by atoms with E-state index in [0.717, 1.165) is 16.8 Å². The highest BCUT2D eigenvalue weighted by Gasteiger charge is 2.09. The number of hydrogen-bond donors (Lipinski definition) is 1. The fourth-order valence-electron chi connectivity index (χ4n) is 2.23. The minimum absolute atomic E-state index is 0.121. The summed E-state index contributed by atoms with van der Waals surface area (Å²) in [5.74, 6) is 0.121. The quantitative estimate of drug-likeness (QED) is 0.870. The van der Waals surface area contributed by atoms with E-state index in [-0.39, 0.29) is 5.91 Å². The fourth-order valence-corrected chi connectivity index (χ4v) is 2.40. The maximum Gasteiger partial charge on any atom is 0.224 e. The fraction of sp³-hybridized carbons (Fsp3) is 0.278. The Balaban J connectivity index is 1.81. The minimum Gasteiger partial charge on any atom is -0.384 e. The molecule has 0 radical (unpaired) electrons. The summed E-state index contributed by atoms with van der Waals surface area (Å²) >= 11 is 5.98. The van der Waals surface area contributed by atoms with E-state index in [1.54, 1.807) is 4.90 Å². The Kier molecular flexibility index (Phi) is 5.84. The van der Waals surface area contributed by atoms with E-state index in [0.29, 0.717) is 24.5 Å². The molecule has 1 amide bonds. The lowest BCUT2D eigenvalue weighted by molar-refractivity contribution is -0.130. The SMILES string of the molecule is Cc1ccc(Cl)cc1NCCC(=O)N(C)Cc1ccccc1. The van der Waals surface area contributed by atoms with E-state index < -0.39 is 0 Å². The summed E-state index contributed by atoms with van der Waals surface area (Å²) in [4.78, 5) is 13.9. The topological polar surface area (TPSA) is 32.3 Å². The van der Waals surface area contributed by atoms with Gasteiger partial charge in [0, 0.05) is 37.3 Å². The molecule has 0 fully saturated rings. The Morgan fingerprint density at radius 3 is 2.64 bits per heavy atom. The number of hydrogen-bond acceptors (Lipinski definition) is 2. The van der Waals surface area contributed by atoms with Crippen molar-refractivity contribution in [2.75, 3.05) is 18.9 Å². The third-order valence-electron chi connectivity index (χ3n) is 3.54. The molecule has 4 heteroatoms. The Bertz CT molecular complexity index is 628. The molecule has 0 aliphatic heterocycles. The predicted octanol–water partition coefficient (Wildman–Crippen LogP) is 4.11. The molecule has 2 aromatic rings. The van der Waals surface area contributed by atoms with Crippen LogP contribution >= 0.6 is 11.6 Å². The second-order valence-corrected chi connectivity index (χ2v) is 5.81. The molecule has 0 saturated heterocycles. The molecule has 1 N–H and O–H groups in total. The molecule has 0 aliphatic carbocycles. The molecule has 0 spiro atoms.